The average Bonchev–Trinajstić information content (AvgIpc) is 2.38. The third-order valence-corrected chi connectivity index (χ3v) is 3.27. The van der Waals surface area contributed by atoms with E-state index in [4.69, 9.17) is 0 Å². The van der Waals surface area contributed by atoms with Crippen molar-refractivity contribution in [3.63, 3.8) is 0 Å². The van der Waals surface area contributed by atoms with Crippen LogP contribution in [0.3, 0.4) is 0 Å². The number of hydrogen-bond acceptors (Lipinski definition) is 1. The molecule has 0 bridgehead atoms. The van der Waals surface area contributed by atoms with E-state index in [0.717, 1.165) is 6.07 Å². The summed E-state index contributed by atoms with van der Waals surface area (Å²) in [4.78, 5) is 0. The molecule has 1 nitrogen and oxygen atoms in total. The van der Waals surface area contributed by atoms with E-state index < -0.39 is 11.6 Å². The molecule has 2 aromatic carbocycles. The van der Waals surface area contributed by atoms with E-state index >= 15 is 0 Å². The summed E-state index contributed by atoms with van der Waals surface area (Å²) in [5, 5.41) is 3.25. The van der Waals surface area contributed by atoms with Crippen LogP contribution >= 0.6 is 0 Å². The summed E-state index contributed by atoms with van der Waals surface area (Å²) >= 11 is 0. The van der Waals surface area contributed by atoms with E-state index in [9.17, 15) is 8.78 Å². The Bertz CT molecular complexity index is 566. The quantitative estimate of drug-likeness (QED) is 0.872. The number of nitrogens with one attached hydrogen (secondary N) is 1. The SMILES string of the molecule is Cc1ccccc1[C@H](C)NCc1ccc(F)cc1F. The fourth-order valence-electron chi connectivity index (χ4n) is 2.11. The second-order valence-electron chi connectivity index (χ2n) is 4.69. The van der Waals surface area contributed by atoms with Crippen molar-refractivity contribution in [3.8, 4) is 0 Å². The van der Waals surface area contributed by atoms with E-state index in [2.05, 4.69) is 5.32 Å². The minimum absolute atomic E-state index is 0.116. The van der Waals surface area contributed by atoms with E-state index in [1.54, 1.807) is 0 Å². The van der Waals surface area contributed by atoms with Gasteiger partial charge in [-0.25, -0.2) is 8.78 Å². The zero-order valence-electron chi connectivity index (χ0n) is 11.1. The van der Waals surface area contributed by atoms with Gasteiger partial charge in [-0.15, -0.1) is 0 Å². The molecule has 3 heteroatoms. The standard InChI is InChI=1S/C16H17F2N/c1-11-5-3-4-6-15(11)12(2)19-10-13-7-8-14(17)9-16(13)18/h3-9,12,19H,10H2,1-2H3/t12-/m0/s1. The highest BCUT2D eigenvalue weighted by atomic mass is 19.1. The predicted octanol–water partition coefficient (Wildman–Crippen LogP) is 4.12. The Morgan fingerprint density at radius 1 is 1.11 bits per heavy atom. The van der Waals surface area contributed by atoms with Gasteiger partial charge in [0.2, 0.25) is 0 Å². The van der Waals surface area contributed by atoms with Crippen molar-refractivity contribution in [1.82, 2.24) is 5.32 Å². The van der Waals surface area contributed by atoms with Crippen LogP contribution in [0.5, 0.6) is 0 Å². The van der Waals surface area contributed by atoms with Crippen molar-refractivity contribution in [2.24, 2.45) is 0 Å². The zero-order chi connectivity index (χ0) is 13.8. The average molecular weight is 261 g/mol. The highest BCUT2D eigenvalue weighted by Gasteiger charge is 2.09. The molecule has 0 spiro atoms. The van der Waals surface area contributed by atoms with Gasteiger partial charge >= 0.3 is 0 Å². The van der Waals surface area contributed by atoms with Crippen molar-refractivity contribution >= 4 is 0 Å². The van der Waals surface area contributed by atoms with E-state index in [1.165, 1.54) is 23.3 Å². The molecule has 0 aliphatic heterocycles. The number of hydrogen-bond donors (Lipinski definition) is 1. The first-order valence-electron chi connectivity index (χ1n) is 6.31. The molecule has 0 aliphatic carbocycles. The maximum Gasteiger partial charge on any atom is 0.130 e. The summed E-state index contributed by atoms with van der Waals surface area (Å²) in [5.74, 6) is -1.06. The van der Waals surface area contributed by atoms with Crippen LogP contribution in [0.1, 0.15) is 29.7 Å². The second kappa shape index (κ2) is 5.93. The van der Waals surface area contributed by atoms with Gasteiger partial charge in [0.15, 0.2) is 0 Å². The molecule has 2 aromatic rings. The summed E-state index contributed by atoms with van der Waals surface area (Å²) in [6.07, 6.45) is 0. The van der Waals surface area contributed by atoms with Crippen molar-refractivity contribution in [3.05, 3.63) is 70.8 Å². The number of halogens is 2. The molecule has 0 fully saturated rings. The lowest BCUT2D eigenvalue weighted by Gasteiger charge is -2.16. The molecule has 0 heterocycles. The molecule has 0 unspecified atom stereocenters. The summed E-state index contributed by atoms with van der Waals surface area (Å²) in [6.45, 7) is 4.46. The largest absolute Gasteiger partial charge is 0.306 e. The molecule has 19 heavy (non-hydrogen) atoms. The molecule has 0 radical (unpaired) electrons. The van der Waals surface area contributed by atoms with Gasteiger partial charge in [0.25, 0.3) is 0 Å². The Balaban J connectivity index is 2.04. The number of rotatable bonds is 4. The summed E-state index contributed by atoms with van der Waals surface area (Å²) in [6, 6.07) is 11.9. The Labute approximate surface area is 112 Å². The van der Waals surface area contributed by atoms with Gasteiger partial charge in [-0.2, -0.15) is 0 Å². The molecule has 0 saturated carbocycles. The zero-order valence-corrected chi connectivity index (χ0v) is 11.1. The van der Waals surface area contributed by atoms with Gasteiger partial charge in [-0.05, 0) is 31.0 Å². The second-order valence-corrected chi connectivity index (χ2v) is 4.69. The smallest absolute Gasteiger partial charge is 0.130 e. The van der Waals surface area contributed by atoms with Gasteiger partial charge in [0, 0.05) is 24.2 Å². The van der Waals surface area contributed by atoms with Crippen LogP contribution in [0.4, 0.5) is 8.78 Å². The first-order valence-corrected chi connectivity index (χ1v) is 6.31. The van der Waals surface area contributed by atoms with E-state index in [1.807, 2.05) is 38.1 Å². The molecule has 100 valence electrons. The number of benzene rings is 2. The van der Waals surface area contributed by atoms with Crippen molar-refractivity contribution in [1.29, 1.82) is 0 Å². The monoisotopic (exact) mass is 261 g/mol. The van der Waals surface area contributed by atoms with Gasteiger partial charge in [-0.3, -0.25) is 0 Å². The molecule has 1 atom stereocenters. The fourth-order valence-corrected chi connectivity index (χ4v) is 2.11. The highest BCUT2D eigenvalue weighted by Crippen LogP contribution is 2.18. The van der Waals surface area contributed by atoms with Crippen LogP contribution in [0.15, 0.2) is 42.5 Å². The van der Waals surface area contributed by atoms with Gasteiger partial charge < -0.3 is 5.32 Å². The van der Waals surface area contributed by atoms with Gasteiger partial charge in [-0.1, -0.05) is 30.3 Å². The minimum Gasteiger partial charge on any atom is -0.306 e. The third-order valence-electron chi connectivity index (χ3n) is 3.27. The lowest BCUT2D eigenvalue weighted by Crippen LogP contribution is -2.19. The van der Waals surface area contributed by atoms with Gasteiger partial charge in [0.1, 0.15) is 11.6 Å². The molecule has 0 aromatic heterocycles. The topological polar surface area (TPSA) is 12.0 Å². The summed E-state index contributed by atoms with van der Waals surface area (Å²) < 4.78 is 26.3. The van der Waals surface area contributed by atoms with Crippen LogP contribution < -0.4 is 5.32 Å². The summed E-state index contributed by atoms with van der Waals surface area (Å²) in [7, 11) is 0. The van der Waals surface area contributed by atoms with Crippen molar-refractivity contribution in [2.75, 3.05) is 0 Å². The van der Waals surface area contributed by atoms with E-state index in [-0.39, 0.29) is 6.04 Å². The molecule has 1 N–H and O–H groups in total. The Kier molecular flexibility index (Phi) is 4.27. The Morgan fingerprint density at radius 2 is 1.84 bits per heavy atom. The molecule has 0 amide bonds. The lowest BCUT2D eigenvalue weighted by molar-refractivity contribution is 0.532. The first kappa shape index (κ1) is 13.7. The maximum atomic E-state index is 13.5. The van der Waals surface area contributed by atoms with Crippen molar-refractivity contribution < 1.29 is 8.78 Å². The molecule has 2 rings (SSSR count). The van der Waals surface area contributed by atoms with Crippen LogP contribution in [0, 0.1) is 18.6 Å². The summed E-state index contributed by atoms with van der Waals surface area (Å²) in [5.41, 5.74) is 2.86. The fraction of sp³-hybridized carbons (Fsp3) is 0.250. The van der Waals surface area contributed by atoms with Crippen LogP contribution in [0.25, 0.3) is 0 Å². The van der Waals surface area contributed by atoms with Gasteiger partial charge in [0.05, 0.1) is 0 Å². The molecular weight excluding hydrogens is 244 g/mol. The molecular formula is C16H17F2N. The Morgan fingerprint density at radius 3 is 2.53 bits per heavy atom. The lowest BCUT2D eigenvalue weighted by atomic mass is 10.0. The molecule has 0 aliphatic rings. The number of aryl methyl sites for hydroxylation is 1. The Hall–Kier alpha value is -1.74. The predicted molar refractivity (Wildman–Crippen MR) is 72.8 cm³/mol. The maximum absolute atomic E-state index is 13.5. The minimum atomic E-state index is -0.548. The van der Waals surface area contributed by atoms with Crippen LogP contribution in [-0.4, -0.2) is 0 Å². The van der Waals surface area contributed by atoms with Crippen LogP contribution in [0.2, 0.25) is 0 Å². The highest BCUT2D eigenvalue weighted by molar-refractivity contribution is 5.28. The normalized spacial score (nSPS) is 12.4. The van der Waals surface area contributed by atoms with E-state index in [0.29, 0.717) is 12.1 Å². The molecule has 0 saturated heterocycles. The third kappa shape index (κ3) is 3.38. The first-order chi connectivity index (χ1) is 9.08. The van der Waals surface area contributed by atoms with Crippen molar-refractivity contribution in [2.45, 2.75) is 26.4 Å². The van der Waals surface area contributed by atoms with Crippen LogP contribution in [-0.2, 0) is 6.54 Å².